The number of nitrogens with zero attached hydrogens (tertiary/aromatic N) is 1. The number of methoxy groups -OCH3 is 1. The molecule has 100 valence electrons. The Morgan fingerprint density at radius 3 is 3.00 bits per heavy atom. The molecule has 0 saturated carbocycles. The summed E-state index contributed by atoms with van der Waals surface area (Å²) in [6.45, 7) is 2.53. The van der Waals surface area contributed by atoms with Crippen molar-refractivity contribution >= 4 is 17.3 Å². The molecule has 18 heavy (non-hydrogen) atoms. The second kappa shape index (κ2) is 6.39. The van der Waals surface area contributed by atoms with Gasteiger partial charge in [-0.25, -0.2) is 4.39 Å². The summed E-state index contributed by atoms with van der Waals surface area (Å²) >= 11 is 5.70. The van der Waals surface area contributed by atoms with E-state index in [-0.39, 0.29) is 5.82 Å². The average molecular weight is 272 g/mol. The fraction of sp³-hybridized carbons (Fsp3) is 0.571. The zero-order valence-electron chi connectivity index (χ0n) is 10.7. The molecule has 1 aromatic rings. The van der Waals surface area contributed by atoms with Gasteiger partial charge in [-0.1, -0.05) is 6.07 Å². The molecule has 0 aromatic heterocycles. The number of ether oxygens (including phenoxy) is 1. The fourth-order valence-electron chi connectivity index (χ4n) is 2.55. The smallest absolute Gasteiger partial charge is 0.146 e. The van der Waals surface area contributed by atoms with E-state index in [1.807, 2.05) is 12.1 Å². The third-order valence-electron chi connectivity index (χ3n) is 3.43. The minimum atomic E-state index is -0.175. The molecule has 0 aliphatic carbocycles. The largest absolute Gasteiger partial charge is 0.384 e. The summed E-state index contributed by atoms with van der Waals surface area (Å²) in [6, 6.07) is 5.26. The van der Waals surface area contributed by atoms with E-state index in [1.54, 1.807) is 7.11 Å². The Bertz CT molecular complexity index is 397. The first-order valence-electron chi connectivity index (χ1n) is 6.33. The second-order valence-electron chi connectivity index (χ2n) is 4.83. The molecule has 1 aliphatic heterocycles. The number of hydrogen-bond acceptors (Lipinski definition) is 2. The van der Waals surface area contributed by atoms with Gasteiger partial charge in [-0.2, -0.15) is 0 Å². The Labute approximate surface area is 113 Å². The van der Waals surface area contributed by atoms with Crippen LogP contribution in [-0.4, -0.2) is 26.8 Å². The van der Waals surface area contributed by atoms with Crippen molar-refractivity contribution in [3.05, 3.63) is 29.6 Å². The molecule has 2 rings (SSSR count). The van der Waals surface area contributed by atoms with Crippen molar-refractivity contribution in [3.63, 3.8) is 0 Å². The van der Waals surface area contributed by atoms with Gasteiger partial charge in [0.15, 0.2) is 0 Å². The summed E-state index contributed by atoms with van der Waals surface area (Å²) in [5.41, 5.74) is 1.51. The van der Waals surface area contributed by atoms with Gasteiger partial charge < -0.3 is 9.64 Å². The van der Waals surface area contributed by atoms with Crippen molar-refractivity contribution in [1.29, 1.82) is 0 Å². The molecule has 0 spiro atoms. The molecule has 1 saturated heterocycles. The summed E-state index contributed by atoms with van der Waals surface area (Å²) in [7, 11) is 1.72. The van der Waals surface area contributed by atoms with Gasteiger partial charge in [-0.05, 0) is 36.5 Å². The SMILES string of the molecule is COCC1CCCN(c2ccc(CCl)cc2F)C1. The van der Waals surface area contributed by atoms with Crippen molar-refractivity contribution < 1.29 is 9.13 Å². The zero-order chi connectivity index (χ0) is 13.0. The van der Waals surface area contributed by atoms with Crippen LogP contribution in [0, 0.1) is 11.7 Å². The predicted molar refractivity (Wildman–Crippen MR) is 72.8 cm³/mol. The molecule has 1 aromatic carbocycles. The molecular formula is C14H19ClFNO. The third kappa shape index (κ3) is 3.15. The summed E-state index contributed by atoms with van der Waals surface area (Å²) in [5.74, 6) is 0.672. The maximum Gasteiger partial charge on any atom is 0.146 e. The van der Waals surface area contributed by atoms with Crippen LogP contribution in [0.4, 0.5) is 10.1 Å². The molecule has 1 fully saturated rings. The Hall–Kier alpha value is -0.800. The lowest BCUT2D eigenvalue weighted by Gasteiger charge is -2.34. The van der Waals surface area contributed by atoms with E-state index in [2.05, 4.69) is 4.90 Å². The number of alkyl halides is 1. The van der Waals surface area contributed by atoms with E-state index >= 15 is 0 Å². The van der Waals surface area contributed by atoms with Crippen molar-refractivity contribution in [2.24, 2.45) is 5.92 Å². The van der Waals surface area contributed by atoms with Crippen LogP contribution in [-0.2, 0) is 10.6 Å². The number of hydrogen-bond donors (Lipinski definition) is 0. The molecule has 1 heterocycles. The molecule has 0 bridgehead atoms. The van der Waals surface area contributed by atoms with Crippen LogP contribution in [0.15, 0.2) is 18.2 Å². The molecule has 0 radical (unpaired) electrons. The van der Waals surface area contributed by atoms with E-state index in [9.17, 15) is 4.39 Å². The Morgan fingerprint density at radius 1 is 1.50 bits per heavy atom. The van der Waals surface area contributed by atoms with Crippen molar-refractivity contribution in [2.75, 3.05) is 31.7 Å². The Morgan fingerprint density at radius 2 is 2.33 bits per heavy atom. The van der Waals surface area contributed by atoms with E-state index in [1.165, 1.54) is 6.07 Å². The van der Waals surface area contributed by atoms with Crippen LogP contribution in [0.1, 0.15) is 18.4 Å². The minimum absolute atomic E-state index is 0.175. The molecular weight excluding hydrogens is 253 g/mol. The number of anilines is 1. The number of halogens is 2. The highest BCUT2D eigenvalue weighted by Crippen LogP contribution is 2.26. The van der Waals surface area contributed by atoms with Gasteiger partial charge in [0.25, 0.3) is 0 Å². The highest BCUT2D eigenvalue weighted by molar-refractivity contribution is 6.17. The van der Waals surface area contributed by atoms with Crippen LogP contribution in [0.25, 0.3) is 0 Å². The number of benzene rings is 1. The highest BCUT2D eigenvalue weighted by Gasteiger charge is 2.21. The first-order chi connectivity index (χ1) is 8.74. The standard InChI is InChI=1S/C14H19ClFNO/c1-18-10-12-3-2-6-17(9-12)14-5-4-11(8-15)7-13(14)16/h4-5,7,12H,2-3,6,8-10H2,1H3. The van der Waals surface area contributed by atoms with Crippen LogP contribution in [0.5, 0.6) is 0 Å². The lowest BCUT2D eigenvalue weighted by molar-refractivity contribution is 0.143. The molecule has 0 N–H and O–H groups in total. The highest BCUT2D eigenvalue weighted by atomic mass is 35.5. The van der Waals surface area contributed by atoms with Crippen LogP contribution in [0.3, 0.4) is 0 Å². The van der Waals surface area contributed by atoms with Gasteiger partial charge in [-0.3, -0.25) is 0 Å². The van der Waals surface area contributed by atoms with E-state index in [0.717, 1.165) is 38.1 Å². The molecule has 1 atom stereocenters. The van der Waals surface area contributed by atoms with Crippen LogP contribution >= 0.6 is 11.6 Å². The molecule has 4 heteroatoms. The van der Waals surface area contributed by atoms with Gasteiger partial charge in [0.2, 0.25) is 0 Å². The molecule has 0 amide bonds. The van der Waals surface area contributed by atoms with Gasteiger partial charge in [0, 0.05) is 26.1 Å². The second-order valence-corrected chi connectivity index (χ2v) is 5.10. The molecule has 1 unspecified atom stereocenters. The van der Waals surface area contributed by atoms with E-state index in [4.69, 9.17) is 16.3 Å². The predicted octanol–water partition coefficient (Wildman–Crippen LogP) is 3.43. The Balaban J connectivity index is 2.10. The van der Waals surface area contributed by atoms with Gasteiger partial charge in [0.05, 0.1) is 12.3 Å². The molecule has 1 aliphatic rings. The fourth-order valence-corrected chi connectivity index (χ4v) is 2.71. The number of piperidine rings is 1. The monoisotopic (exact) mass is 271 g/mol. The van der Waals surface area contributed by atoms with Crippen molar-refractivity contribution in [2.45, 2.75) is 18.7 Å². The number of rotatable bonds is 4. The summed E-state index contributed by atoms with van der Waals surface area (Å²) in [6.07, 6.45) is 2.25. The maximum absolute atomic E-state index is 14.0. The summed E-state index contributed by atoms with van der Waals surface area (Å²) in [4.78, 5) is 2.11. The Kier molecular flexibility index (Phi) is 4.84. The third-order valence-corrected chi connectivity index (χ3v) is 3.74. The lowest BCUT2D eigenvalue weighted by Crippen LogP contribution is -2.37. The summed E-state index contributed by atoms with van der Waals surface area (Å²) in [5, 5.41) is 0. The van der Waals surface area contributed by atoms with Gasteiger partial charge in [-0.15, -0.1) is 11.6 Å². The topological polar surface area (TPSA) is 12.5 Å². The van der Waals surface area contributed by atoms with Crippen LogP contribution < -0.4 is 4.90 Å². The maximum atomic E-state index is 14.0. The van der Waals surface area contributed by atoms with Crippen LogP contribution in [0.2, 0.25) is 0 Å². The first kappa shape index (κ1) is 13.6. The lowest BCUT2D eigenvalue weighted by atomic mass is 9.98. The van der Waals surface area contributed by atoms with E-state index in [0.29, 0.717) is 17.5 Å². The van der Waals surface area contributed by atoms with Gasteiger partial charge in [0.1, 0.15) is 5.82 Å². The first-order valence-corrected chi connectivity index (χ1v) is 6.86. The normalized spacial score (nSPS) is 20.2. The van der Waals surface area contributed by atoms with Crippen molar-refractivity contribution in [1.82, 2.24) is 0 Å². The quantitative estimate of drug-likeness (QED) is 0.778. The zero-order valence-corrected chi connectivity index (χ0v) is 11.4. The average Bonchev–Trinajstić information content (AvgIpc) is 2.39. The summed E-state index contributed by atoms with van der Waals surface area (Å²) < 4.78 is 19.2. The minimum Gasteiger partial charge on any atom is -0.384 e. The molecule has 2 nitrogen and oxygen atoms in total. The van der Waals surface area contributed by atoms with E-state index < -0.39 is 0 Å². The van der Waals surface area contributed by atoms with Gasteiger partial charge >= 0.3 is 0 Å². The van der Waals surface area contributed by atoms with Crippen molar-refractivity contribution in [3.8, 4) is 0 Å².